The van der Waals surface area contributed by atoms with Gasteiger partial charge in [0, 0.05) is 12.6 Å². The molecule has 0 saturated heterocycles. The lowest BCUT2D eigenvalue weighted by Crippen LogP contribution is -2.24. The average Bonchev–Trinajstić information content (AvgIpc) is 2.30. The molecule has 1 aromatic heterocycles. The summed E-state index contributed by atoms with van der Waals surface area (Å²) in [6.07, 6.45) is 1.64. The number of nitrogens with one attached hydrogen (secondary N) is 1. The van der Waals surface area contributed by atoms with Gasteiger partial charge < -0.3 is 10.1 Å². The second-order valence-electron chi connectivity index (χ2n) is 5.39. The van der Waals surface area contributed by atoms with Crippen LogP contribution in [0.3, 0.4) is 0 Å². The van der Waals surface area contributed by atoms with Crippen LogP contribution in [-0.4, -0.2) is 22.5 Å². The highest BCUT2D eigenvalue weighted by Crippen LogP contribution is 2.23. The second-order valence-corrected chi connectivity index (χ2v) is 5.77. The summed E-state index contributed by atoms with van der Waals surface area (Å²) in [6, 6.07) is 1.61. The molecule has 1 N–H and O–H groups in total. The summed E-state index contributed by atoms with van der Waals surface area (Å²) in [5.74, 6) is -0.687. The Morgan fingerprint density at radius 3 is 2.60 bits per heavy atom. The lowest BCUT2D eigenvalue weighted by atomic mass is 10.2. The van der Waals surface area contributed by atoms with Gasteiger partial charge in [-0.25, -0.2) is 0 Å². The quantitative estimate of drug-likeness (QED) is 0.867. The van der Waals surface area contributed by atoms with Crippen molar-refractivity contribution < 1.29 is 14.3 Å². The van der Waals surface area contributed by atoms with Gasteiger partial charge in [0.25, 0.3) is 0 Å². The van der Waals surface area contributed by atoms with E-state index in [0.717, 1.165) is 0 Å². The summed E-state index contributed by atoms with van der Waals surface area (Å²) in [6.45, 7) is 7.10. The van der Waals surface area contributed by atoms with Crippen LogP contribution in [0.1, 0.15) is 39.3 Å². The smallest absolute Gasteiger partial charge is 0.306 e. The van der Waals surface area contributed by atoms with E-state index in [1.165, 1.54) is 0 Å². The number of anilines is 1. The van der Waals surface area contributed by atoms with Crippen LogP contribution in [-0.2, 0) is 14.3 Å². The fourth-order valence-corrected chi connectivity index (χ4v) is 1.62. The first-order valence-electron chi connectivity index (χ1n) is 6.32. The van der Waals surface area contributed by atoms with Crippen molar-refractivity contribution in [3.63, 3.8) is 0 Å². The van der Waals surface area contributed by atoms with Gasteiger partial charge in [0.05, 0.1) is 22.8 Å². The Kier molecular flexibility index (Phi) is 5.51. The third-order valence-electron chi connectivity index (χ3n) is 2.31. The molecule has 5 nitrogen and oxygen atoms in total. The van der Waals surface area contributed by atoms with E-state index in [1.807, 2.05) is 0 Å². The van der Waals surface area contributed by atoms with Crippen LogP contribution < -0.4 is 5.32 Å². The number of amides is 1. The molecule has 0 aliphatic rings. The van der Waals surface area contributed by atoms with Gasteiger partial charge in [-0.2, -0.15) is 0 Å². The van der Waals surface area contributed by atoms with E-state index in [2.05, 4.69) is 10.3 Å². The van der Waals surface area contributed by atoms with Crippen molar-refractivity contribution in [2.45, 2.75) is 46.1 Å². The molecule has 1 aromatic rings. The third-order valence-corrected chi connectivity index (χ3v) is 2.79. The lowest BCUT2D eigenvalue weighted by Gasteiger charge is -2.19. The molecule has 20 heavy (non-hydrogen) atoms. The van der Waals surface area contributed by atoms with Gasteiger partial charge >= 0.3 is 5.97 Å². The minimum atomic E-state index is -0.543. The Labute approximate surface area is 123 Å². The van der Waals surface area contributed by atoms with Crippen LogP contribution in [0.2, 0.25) is 5.02 Å². The molecule has 0 aliphatic carbocycles. The molecule has 1 rings (SSSR count). The average molecular weight is 299 g/mol. The van der Waals surface area contributed by atoms with Gasteiger partial charge in [-0.05, 0) is 33.8 Å². The number of aryl methyl sites for hydroxylation is 1. The van der Waals surface area contributed by atoms with Crippen LogP contribution in [0.25, 0.3) is 0 Å². The Morgan fingerprint density at radius 2 is 2.00 bits per heavy atom. The zero-order chi connectivity index (χ0) is 15.3. The van der Waals surface area contributed by atoms with E-state index < -0.39 is 11.6 Å². The number of hydrogen-bond donors (Lipinski definition) is 1. The largest absolute Gasteiger partial charge is 0.460 e. The first kappa shape index (κ1) is 16.4. The van der Waals surface area contributed by atoms with Crippen molar-refractivity contribution in [3.8, 4) is 0 Å². The molecule has 1 heterocycles. The predicted octanol–water partition coefficient (Wildman–Crippen LogP) is 3.10. The summed E-state index contributed by atoms with van der Waals surface area (Å²) in [7, 11) is 0. The molecule has 0 atom stereocenters. The maximum absolute atomic E-state index is 11.7. The number of ether oxygens (including phenoxy) is 1. The van der Waals surface area contributed by atoms with Crippen molar-refractivity contribution in [1.29, 1.82) is 0 Å². The topological polar surface area (TPSA) is 68.3 Å². The minimum Gasteiger partial charge on any atom is -0.460 e. The molecular formula is C14H19ClN2O3. The molecule has 0 aliphatic heterocycles. The Hall–Kier alpha value is -1.62. The molecule has 0 unspecified atom stereocenters. The molecule has 0 fully saturated rings. The Morgan fingerprint density at radius 1 is 1.35 bits per heavy atom. The molecule has 6 heteroatoms. The first-order chi connectivity index (χ1) is 9.19. The number of halogens is 1. The molecule has 0 saturated carbocycles. The maximum Gasteiger partial charge on any atom is 0.306 e. The van der Waals surface area contributed by atoms with Crippen LogP contribution in [0.4, 0.5) is 5.69 Å². The summed E-state index contributed by atoms with van der Waals surface area (Å²) in [4.78, 5) is 27.3. The second kappa shape index (κ2) is 6.70. The SMILES string of the molecule is Cc1nccc(NC(=O)CCC(=O)OC(C)(C)C)c1Cl. The van der Waals surface area contributed by atoms with Crippen molar-refractivity contribution >= 4 is 29.2 Å². The van der Waals surface area contributed by atoms with Gasteiger partial charge in [-0.1, -0.05) is 11.6 Å². The van der Waals surface area contributed by atoms with E-state index >= 15 is 0 Å². The van der Waals surface area contributed by atoms with Gasteiger partial charge in [0.2, 0.25) is 5.91 Å². The van der Waals surface area contributed by atoms with E-state index in [9.17, 15) is 9.59 Å². The number of aromatic nitrogens is 1. The highest BCUT2D eigenvalue weighted by atomic mass is 35.5. The van der Waals surface area contributed by atoms with Crippen LogP contribution >= 0.6 is 11.6 Å². The van der Waals surface area contributed by atoms with Gasteiger partial charge in [0.1, 0.15) is 5.60 Å². The number of pyridine rings is 1. The van der Waals surface area contributed by atoms with Crippen molar-refractivity contribution in [3.05, 3.63) is 23.0 Å². The van der Waals surface area contributed by atoms with Crippen LogP contribution in [0, 0.1) is 6.92 Å². The van der Waals surface area contributed by atoms with E-state index in [-0.39, 0.29) is 18.7 Å². The Bertz CT molecular complexity index is 510. The number of carbonyl (C=O) groups is 2. The molecule has 0 radical (unpaired) electrons. The number of nitrogens with zero attached hydrogens (tertiary/aromatic N) is 1. The van der Waals surface area contributed by atoms with Crippen LogP contribution in [0.15, 0.2) is 12.3 Å². The van der Waals surface area contributed by atoms with Crippen molar-refractivity contribution in [2.75, 3.05) is 5.32 Å². The Balaban J connectivity index is 2.49. The van der Waals surface area contributed by atoms with Crippen LogP contribution in [0.5, 0.6) is 0 Å². The molecular weight excluding hydrogens is 280 g/mol. The molecule has 0 aromatic carbocycles. The number of carbonyl (C=O) groups excluding carboxylic acids is 2. The zero-order valence-electron chi connectivity index (χ0n) is 12.1. The van der Waals surface area contributed by atoms with Crippen molar-refractivity contribution in [1.82, 2.24) is 4.98 Å². The van der Waals surface area contributed by atoms with Crippen molar-refractivity contribution in [2.24, 2.45) is 0 Å². The number of rotatable bonds is 4. The highest BCUT2D eigenvalue weighted by Gasteiger charge is 2.17. The number of hydrogen-bond acceptors (Lipinski definition) is 4. The summed E-state index contributed by atoms with van der Waals surface area (Å²) in [5.41, 5.74) is 0.587. The molecule has 110 valence electrons. The zero-order valence-corrected chi connectivity index (χ0v) is 12.9. The summed E-state index contributed by atoms with van der Waals surface area (Å²) >= 11 is 6.02. The highest BCUT2D eigenvalue weighted by molar-refractivity contribution is 6.34. The van der Waals surface area contributed by atoms with E-state index in [1.54, 1.807) is 40.0 Å². The monoisotopic (exact) mass is 298 g/mol. The lowest BCUT2D eigenvalue weighted by molar-refractivity contribution is -0.155. The maximum atomic E-state index is 11.7. The minimum absolute atomic E-state index is 0.0325. The standard InChI is InChI=1S/C14H19ClN2O3/c1-9-13(15)10(7-8-16-9)17-11(18)5-6-12(19)20-14(2,3)4/h7-8H,5-6H2,1-4H3,(H,16,17,18). The van der Waals surface area contributed by atoms with E-state index in [4.69, 9.17) is 16.3 Å². The van der Waals surface area contributed by atoms with E-state index in [0.29, 0.717) is 16.4 Å². The van der Waals surface area contributed by atoms with Gasteiger partial charge in [-0.3, -0.25) is 14.6 Å². The predicted molar refractivity (Wildman–Crippen MR) is 77.7 cm³/mol. The summed E-state index contributed by atoms with van der Waals surface area (Å²) < 4.78 is 5.13. The molecule has 0 spiro atoms. The van der Waals surface area contributed by atoms with Gasteiger partial charge in [-0.15, -0.1) is 0 Å². The molecule has 1 amide bonds. The molecule has 0 bridgehead atoms. The first-order valence-corrected chi connectivity index (χ1v) is 6.69. The van der Waals surface area contributed by atoms with Gasteiger partial charge in [0.15, 0.2) is 0 Å². The third kappa shape index (κ3) is 5.57. The fourth-order valence-electron chi connectivity index (χ4n) is 1.47. The fraction of sp³-hybridized carbons (Fsp3) is 0.500. The number of esters is 1. The summed E-state index contributed by atoms with van der Waals surface area (Å²) in [5, 5.41) is 3.05. The normalized spacial score (nSPS) is 11.1.